The maximum atomic E-state index is 12.7. The molecule has 0 fully saturated rings. The molecule has 29 heavy (non-hydrogen) atoms. The SMILES string of the molecule is C=C1c2ccccc2C(=O)N1CC(=O)Nc1ccccc1SCc1ccccc1. The van der Waals surface area contributed by atoms with Crippen molar-refractivity contribution < 1.29 is 9.59 Å². The van der Waals surface area contributed by atoms with Crippen LogP contribution in [0, 0.1) is 0 Å². The maximum Gasteiger partial charge on any atom is 0.259 e. The van der Waals surface area contributed by atoms with Gasteiger partial charge in [-0.05, 0) is 23.8 Å². The highest BCUT2D eigenvalue weighted by atomic mass is 32.2. The Bertz CT molecular complexity index is 1040. The van der Waals surface area contributed by atoms with Gasteiger partial charge in [-0.25, -0.2) is 0 Å². The molecule has 0 saturated carbocycles. The van der Waals surface area contributed by atoms with Gasteiger partial charge in [-0.15, -0.1) is 11.8 Å². The van der Waals surface area contributed by atoms with E-state index in [9.17, 15) is 9.59 Å². The second-order valence-corrected chi connectivity index (χ2v) is 7.72. The van der Waals surface area contributed by atoms with Gasteiger partial charge in [-0.1, -0.05) is 67.2 Å². The summed E-state index contributed by atoms with van der Waals surface area (Å²) < 4.78 is 0. The van der Waals surface area contributed by atoms with Crippen molar-refractivity contribution in [2.45, 2.75) is 10.6 Å². The lowest BCUT2D eigenvalue weighted by molar-refractivity contribution is -0.116. The van der Waals surface area contributed by atoms with Gasteiger partial charge in [0.05, 0.1) is 5.69 Å². The van der Waals surface area contributed by atoms with Crippen LogP contribution in [-0.4, -0.2) is 23.3 Å². The molecule has 1 aliphatic rings. The third-order valence-electron chi connectivity index (χ3n) is 4.74. The van der Waals surface area contributed by atoms with Crippen molar-refractivity contribution in [2.24, 2.45) is 0 Å². The summed E-state index contributed by atoms with van der Waals surface area (Å²) in [4.78, 5) is 27.7. The summed E-state index contributed by atoms with van der Waals surface area (Å²) in [6.07, 6.45) is 0. The molecule has 0 atom stereocenters. The van der Waals surface area contributed by atoms with E-state index >= 15 is 0 Å². The zero-order valence-electron chi connectivity index (χ0n) is 15.8. The van der Waals surface area contributed by atoms with E-state index in [0.29, 0.717) is 11.3 Å². The molecular weight excluding hydrogens is 380 g/mol. The average Bonchev–Trinajstić information content (AvgIpc) is 2.99. The number of nitrogens with one attached hydrogen (secondary N) is 1. The van der Waals surface area contributed by atoms with E-state index in [1.807, 2.05) is 60.7 Å². The molecule has 0 saturated heterocycles. The number of rotatable bonds is 6. The van der Waals surface area contributed by atoms with Gasteiger partial charge in [0.25, 0.3) is 5.91 Å². The average molecular weight is 401 g/mol. The molecule has 0 unspecified atom stereocenters. The Balaban J connectivity index is 1.43. The van der Waals surface area contributed by atoms with Crippen LogP contribution < -0.4 is 5.32 Å². The monoisotopic (exact) mass is 400 g/mol. The van der Waals surface area contributed by atoms with E-state index < -0.39 is 0 Å². The lowest BCUT2D eigenvalue weighted by Crippen LogP contribution is -2.32. The van der Waals surface area contributed by atoms with Crippen molar-refractivity contribution >= 4 is 35.0 Å². The first kappa shape index (κ1) is 19.0. The molecule has 0 bridgehead atoms. The fraction of sp³-hybridized carbons (Fsp3) is 0.0833. The molecule has 2 amide bonds. The van der Waals surface area contributed by atoms with Crippen molar-refractivity contribution in [1.29, 1.82) is 0 Å². The van der Waals surface area contributed by atoms with Crippen molar-refractivity contribution in [3.05, 3.63) is 102 Å². The fourth-order valence-electron chi connectivity index (χ4n) is 3.27. The van der Waals surface area contributed by atoms with Crippen LogP contribution in [0.5, 0.6) is 0 Å². The van der Waals surface area contributed by atoms with Gasteiger partial charge >= 0.3 is 0 Å². The third kappa shape index (κ3) is 4.10. The maximum absolute atomic E-state index is 12.7. The van der Waals surface area contributed by atoms with Crippen LogP contribution in [0.25, 0.3) is 5.70 Å². The number of para-hydroxylation sites is 1. The highest BCUT2D eigenvalue weighted by Gasteiger charge is 2.31. The predicted molar refractivity (Wildman–Crippen MR) is 118 cm³/mol. The molecule has 4 nitrogen and oxygen atoms in total. The van der Waals surface area contributed by atoms with Gasteiger partial charge < -0.3 is 5.32 Å². The Labute approximate surface area is 174 Å². The molecule has 1 heterocycles. The standard InChI is InChI=1S/C24H20N2O2S/c1-17-19-11-5-6-12-20(19)24(28)26(17)15-23(27)25-21-13-7-8-14-22(21)29-16-18-9-3-2-4-10-18/h2-14H,1,15-16H2,(H,25,27). The van der Waals surface area contributed by atoms with E-state index in [1.54, 1.807) is 17.8 Å². The summed E-state index contributed by atoms with van der Waals surface area (Å²) in [5.74, 6) is 0.373. The number of carbonyl (C=O) groups is 2. The first-order chi connectivity index (χ1) is 14.1. The molecule has 144 valence electrons. The van der Waals surface area contributed by atoms with Gasteiger partial charge in [0.2, 0.25) is 5.91 Å². The number of amides is 2. The Morgan fingerprint density at radius 1 is 0.897 bits per heavy atom. The van der Waals surface area contributed by atoms with Crippen LogP contribution in [-0.2, 0) is 10.5 Å². The fourth-order valence-corrected chi connectivity index (χ4v) is 4.23. The molecule has 0 radical (unpaired) electrons. The Morgan fingerprint density at radius 2 is 1.55 bits per heavy atom. The molecule has 5 heteroatoms. The molecule has 4 rings (SSSR count). The Kier molecular flexibility index (Phi) is 5.49. The summed E-state index contributed by atoms with van der Waals surface area (Å²) in [6.45, 7) is 3.92. The van der Waals surface area contributed by atoms with Crippen LogP contribution in [0.3, 0.4) is 0 Å². The lowest BCUT2D eigenvalue weighted by atomic mass is 10.1. The first-order valence-corrected chi connectivity index (χ1v) is 10.3. The van der Waals surface area contributed by atoms with Crippen LogP contribution in [0.1, 0.15) is 21.5 Å². The van der Waals surface area contributed by atoms with Crippen LogP contribution in [0.2, 0.25) is 0 Å². The quantitative estimate of drug-likeness (QED) is 0.590. The van der Waals surface area contributed by atoms with E-state index in [1.165, 1.54) is 10.5 Å². The molecule has 0 aliphatic carbocycles. The minimum atomic E-state index is -0.250. The molecule has 1 N–H and O–H groups in total. The molecule has 1 aliphatic heterocycles. The van der Waals surface area contributed by atoms with Crippen molar-refractivity contribution in [3.63, 3.8) is 0 Å². The molecule has 0 aromatic heterocycles. The molecule has 3 aromatic rings. The highest BCUT2D eigenvalue weighted by molar-refractivity contribution is 7.98. The van der Waals surface area contributed by atoms with E-state index in [4.69, 9.17) is 0 Å². The molecule has 0 spiro atoms. The summed E-state index contributed by atoms with van der Waals surface area (Å²) in [5, 5.41) is 2.95. The van der Waals surface area contributed by atoms with Crippen molar-refractivity contribution in [2.75, 3.05) is 11.9 Å². The van der Waals surface area contributed by atoms with Gasteiger partial charge in [-0.2, -0.15) is 0 Å². The number of anilines is 1. The van der Waals surface area contributed by atoms with Gasteiger partial charge in [0.1, 0.15) is 6.54 Å². The van der Waals surface area contributed by atoms with Gasteiger partial charge in [0.15, 0.2) is 0 Å². The van der Waals surface area contributed by atoms with Gasteiger partial charge in [-0.3, -0.25) is 14.5 Å². The van der Waals surface area contributed by atoms with Crippen molar-refractivity contribution in [1.82, 2.24) is 4.90 Å². The number of fused-ring (bicyclic) bond motifs is 1. The first-order valence-electron chi connectivity index (χ1n) is 9.29. The number of thioether (sulfide) groups is 1. The predicted octanol–water partition coefficient (Wildman–Crippen LogP) is 5.04. The number of benzene rings is 3. The van der Waals surface area contributed by atoms with Crippen LogP contribution >= 0.6 is 11.8 Å². The number of hydrogen-bond acceptors (Lipinski definition) is 3. The number of hydrogen-bond donors (Lipinski definition) is 1. The summed E-state index contributed by atoms with van der Waals surface area (Å²) in [7, 11) is 0. The smallest absolute Gasteiger partial charge is 0.259 e. The van der Waals surface area contributed by atoms with E-state index in [0.717, 1.165) is 21.9 Å². The Hall–Kier alpha value is -3.31. The summed E-state index contributed by atoms with van der Waals surface area (Å²) in [5.41, 5.74) is 3.89. The largest absolute Gasteiger partial charge is 0.324 e. The highest BCUT2D eigenvalue weighted by Crippen LogP contribution is 2.32. The lowest BCUT2D eigenvalue weighted by Gasteiger charge is -2.18. The van der Waals surface area contributed by atoms with Crippen LogP contribution in [0.4, 0.5) is 5.69 Å². The normalized spacial score (nSPS) is 12.8. The number of carbonyl (C=O) groups excluding carboxylic acids is 2. The van der Waals surface area contributed by atoms with Gasteiger partial charge in [0, 0.05) is 27.5 Å². The second kappa shape index (κ2) is 8.37. The van der Waals surface area contributed by atoms with Crippen molar-refractivity contribution in [3.8, 4) is 0 Å². The zero-order chi connectivity index (χ0) is 20.2. The topological polar surface area (TPSA) is 49.4 Å². The summed E-state index contributed by atoms with van der Waals surface area (Å²) in [6, 6.07) is 25.2. The van der Waals surface area contributed by atoms with E-state index in [-0.39, 0.29) is 18.4 Å². The summed E-state index contributed by atoms with van der Waals surface area (Å²) >= 11 is 1.66. The van der Waals surface area contributed by atoms with Crippen LogP contribution in [0.15, 0.2) is 90.3 Å². The minimum Gasteiger partial charge on any atom is -0.324 e. The molecule has 3 aromatic carbocycles. The van der Waals surface area contributed by atoms with E-state index in [2.05, 4.69) is 24.0 Å². The second-order valence-electron chi connectivity index (χ2n) is 6.70. The zero-order valence-corrected chi connectivity index (χ0v) is 16.6. The molecular formula is C24H20N2O2S. The number of nitrogens with zero attached hydrogens (tertiary/aromatic N) is 1. The Morgan fingerprint density at radius 3 is 2.31 bits per heavy atom. The third-order valence-corrected chi connectivity index (χ3v) is 5.88. The minimum absolute atomic E-state index is 0.0654.